The van der Waals surface area contributed by atoms with E-state index in [2.05, 4.69) is 13.8 Å². The molecule has 0 aliphatic heterocycles. The lowest BCUT2D eigenvalue weighted by Crippen LogP contribution is -2.53. The maximum absolute atomic E-state index is 12.9. The first-order valence-corrected chi connectivity index (χ1v) is 13.6. The molecule has 5 nitrogen and oxygen atoms in total. The van der Waals surface area contributed by atoms with Gasteiger partial charge in [0.15, 0.2) is 17.4 Å². The van der Waals surface area contributed by atoms with Gasteiger partial charge < -0.3 is 14.2 Å². The van der Waals surface area contributed by atoms with E-state index in [0.29, 0.717) is 13.2 Å². The van der Waals surface area contributed by atoms with E-state index in [-0.39, 0.29) is 17.4 Å². The molecular formula is C28H57AlO5. The second-order valence-corrected chi connectivity index (χ2v) is 10.5. The van der Waals surface area contributed by atoms with Crippen LogP contribution in [0.4, 0.5) is 0 Å². The molecule has 0 N–H and O–H groups in total. The molecule has 0 saturated heterocycles. The predicted octanol–water partition coefficient (Wildman–Crippen LogP) is 6.60. The zero-order valence-corrected chi connectivity index (χ0v) is 22.9. The fourth-order valence-electron chi connectivity index (χ4n) is 4.56. The molecule has 0 unspecified atom stereocenters. The summed E-state index contributed by atoms with van der Waals surface area (Å²) in [7, 11) is 0. The number of hydrogen-bond donors (Lipinski definition) is 0. The van der Waals surface area contributed by atoms with Crippen molar-refractivity contribution in [1.82, 2.24) is 0 Å². The highest BCUT2D eigenvalue weighted by Crippen LogP contribution is 2.35. The summed E-state index contributed by atoms with van der Waals surface area (Å²) in [6.07, 6.45) is 16.9. The van der Waals surface area contributed by atoms with E-state index in [9.17, 15) is 9.59 Å². The van der Waals surface area contributed by atoms with Crippen LogP contribution in [0.25, 0.3) is 0 Å². The Hall–Kier alpha value is -0.408. The summed E-state index contributed by atoms with van der Waals surface area (Å²) in [4.78, 5) is 24.4. The summed E-state index contributed by atoms with van der Waals surface area (Å²) in [6.45, 7) is 14.5. The van der Waals surface area contributed by atoms with Crippen LogP contribution < -0.4 is 0 Å². The fourth-order valence-corrected chi connectivity index (χ4v) is 4.56. The molecule has 0 aliphatic carbocycles. The molecule has 0 atom stereocenters. The molecule has 202 valence electrons. The van der Waals surface area contributed by atoms with Crippen molar-refractivity contribution in [2.45, 2.75) is 150 Å². The van der Waals surface area contributed by atoms with Gasteiger partial charge in [-0.05, 0) is 40.5 Å². The summed E-state index contributed by atoms with van der Waals surface area (Å²) in [6, 6.07) is 0. The number of carbonyl (C=O) groups is 2. The van der Waals surface area contributed by atoms with Crippen LogP contribution >= 0.6 is 0 Å². The quantitative estimate of drug-likeness (QED) is 0.0769. The Labute approximate surface area is 221 Å². The molecule has 6 heteroatoms. The Morgan fingerprint density at radius 3 is 1.26 bits per heavy atom. The van der Waals surface area contributed by atoms with Crippen LogP contribution in [-0.2, 0) is 23.8 Å². The van der Waals surface area contributed by atoms with Gasteiger partial charge in [-0.2, -0.15) is 0 Å². The topological polar surface area (TPSA) is 61.8 Å². The molecule has 0 aliphatic rings. The second kappa shape index (κ2) is 20.8. The van der Waals surface area contributed by atoms with Crippen LogP contribution in [0.1, 0.15) is 138 Å². The Morgan fingerprint density at radius 1 is 0.618 bits per heavy atom. The number of hydrogen-bond acceptors (Lipinski definition) is 5. The van der Waals surface area contributed by atoms with E-state index >= 15 is 0 Å². The van der Waals surface area contributed by atoms with Crippen LogP contribution in [0.15, 0.2) is 0 Å². The van der Waals surface area contributed by atoms with Crippen LogP contribution in [-0.4, -0.2) is 53.7 Å². The minimum absolute atomic E-state index is 0. The highest BCUT2D eigenvalue weighted by molar-refractivity contribution is 5.86. The molecule has 0 radical (unpaired) electrons. The van der Waals surface area contributed by atoms with Gasteiger partial charge >= 0.3 is 11.9 Å². The summed E-state index contributed by atoms with van der Waals surface area (Å²) in [5, 5.41) is 0. The Balaban J connectivity index is 0. The maximum Gasteiger partial charge on any atom is 0.322 e. The third-order valence-corrected chi connectivity index (χ3v) is 6.31. The van der Waals surface area contributed by atoms with E-state index in [1.54, 1.807) is 0 Å². The van der Waals surface area contributed by atoms with Crippen LogP contribution in [0.2, 0.25) is 0 Å². The highest BCUT2D eigenvalue weighted by Gasteiger charge is 2.49. The minimum Gasteiger partial charge on any atom is -0.393 e. The van der Waals surface area contributed by atoms with Gasteiger partial charge in [-0.15, -0.1) is 0 Å². The third kappa shape index (κ3) is 17.1. The standard InChI is InChI=1S/C28H54O5.Al.3H/c1-8-10-12-14-16-18-20-22-31-27(4,5)25(26(30)33-24(3)29)28(6,7)32-23-21-19-17-15-13-11-9-2;;;;/h25H,8-23H2,1-7H3;;;;. The SMILES string of the molecule is CCCCCCCCCOC(C)(C)C(C(=O)OC(C)=O)C(C)(C)OCCCCCCCCC.[AlH3]. The Bertz CT molecular complexity index is 487. The van der Waals surface area contributed by atoms with Gasteiger partial charge in [0, 0.05) is 20.1 Å². The molecule has 0 aromatic carbocycles. The molecule has 0 spiro atoms. The average Bonchev–Trinajstić information content (AvgIpc) is 2.70. The van der Waals surface area contributed by atoms with Crippen molar-refractivity contribution >= 4 is 29.3 Å². The number of rotatable bonds is 21. The average molecular weight is 501 g/mol. The van der Waals surface area contributed by atoms with Crippen molar-refractivity contribution in [1.29, 1.82) is 0 Å². The number of unbranched alkanes of at least 4 members (excludes halogenated alkanes) is 12. The van der Waals surface area contributed by atoms with E-state index in [1.165, 1.54) is 71.1 Å². The monoisotopic (exact) mass is 500 g/mol. The lowest BCUT2D eigenvalue weighted by atomic mass is 9.78. The minimum atomic E-state index is -0.807. The van der Waals surface area contributed by atoms with Gasteiger partial charge in [-0.3, -0.25) is 9.59 Å². The number of carbonyl (C=O) groups excluding carboxylic acids is 2. The fraction of sp³-hybridized carbons (Fsp3) is 0.929. The van der Waals surface area contributed by atoms with E-state index in [4.69, 9.17) is 14.2 Å². The van der Waals surface area contributed by atoms with Gasteiger partial charge in [0.25, 0.3) is 0 Å². The first kappa shape index (κ1) is 35.8. The van der Waals surface area contributed by atoms with Crippen molar-refractivity contribution in [2.75, 3.05) is 13.2 Å². The number of esters is 2. The summed E-state index contributed by atoms with van der Waals surface area (Å²) in [5.74, 6) is -1.88. The molecule has 0 amide bonds. The summed E-state index contributed by atoms with van der Waals surface area (Å²) >= 11 is 0. The normalized spacial score (nSPS) is 12.0. The largest absolute Gasteiger partial charge is 0.393 e. The first-order valence-electron chi connectivity index (χ1n) is 13.6. The van der Waals surface area contributed by atoms with Crippen molar-refractivity contribution in [3.8, 4) is 0 Å². The molecule has 0 saturated carbocycles. The zero-order valence-electron chi connectivity index (χ0n) is 22.9. The Morgan fingerprint density at radius 2 is 0.941 bits per heavy atom. The molecule has 0 rings (SSSR count). The van der Waals surface area contributed by atoms with Crippen LogP contribution in [0.5, 0.6) is 0 Å². The molecule has 0 fully saturated rings. The molecular weight excluding hydrogens is 443 g/mol. The molecule has 34 heavy (non-hydrogen) atoms. The number of ether oxygens (including phenoxy) is 3. The molecule has 0 aromatic rings. The second-order valence-electron chi connectivity index (χ2n) is 10.5. The molecule has 0 bridgehead atoms. The third-order valence-electron chi connectivity index (χ3n) is 6.31. The molecule has 0 aromatic heterocycles. The van der Waals surface area contributed by atoms with Crippen molar-refractivity contribution in [2.24, 2.45) is 5.92 Å². The van der Waals surface area contributed by atoms with Gasteiger partial charge in [0.1, 0.15) is 5.92 Å². The smallest absolute Gasteiger partial charge is 0.322 e. The van der Waals surface area contributed by atoms with E-state index < -0.39 is 29.1 Å². The summed E-state index contributed by atoms with van der Waals surface area (Å²) < 4.78 is 17.4. The Kier molecular flexibility index (Phi) is 21.8. The van der Waals surface area contributed by atoms with Crippen molar-refractivity contribution in [3.05, 3.63) is 0 Å². The molecule has 0 heterocycles. The maximum atomic E-state index is 12.9. The lowest BCUT2D eigenvalue weighted by Gasteiger charge is -2.42. The summed E-state index contributed by atoms with van der Waals surface area (Å²) in [5.41, 5.74) is -1.61. The highest BCUT2D eigenvalue weighted by atomic mass is 27.0. The van der Waals surface area contributed by atoms with Gasteiger partial charge in [0.05, 0.1) is 11.2 Å². The van der Waals surface area contributed by atoms with E-state index in [1.807, 2.05) is 27.7 Å². The van der Waals surface area contributed by atoms with Crippen molar-refractivity contribution < 1.29 is 23.8 Å². The first-order chi connectivity index (χ1) is 15.6. The van der Waals surface area contributed by atoms with Crippen molar-refractivity contribution in [3.63, 3.8) is 0 Å². The van der Waals surface area contributed by atoms with Gasteiger partial charge in [0.2, 0.25) is 0 Å². The lowest BCUT2D eigenvalue weighted by molar-refractivity contribution is -0.191. The van der Waals surface area contributed by atoms with Crippen LogP contribution in [0.3, 0.4) is 0 Å². The van der Waals surface area contributed by atoms with E-state index in [0.717, 1.165) is 25.7 Å². The van der Waals surface area contributed by atoms with Crippen LogP contribution in [0, 0.1) is 5.92 Å². The zero-order chi connectivity index (χ0) is 25.2. The predicted molar refractivity (Wildman–Crippen MR) is 146 cm³/mol. The van der Waals surface area contributed by atoms with Gasteiger partial charge in [-0.1, -0.05) is 90.9 Å². The van der Waals surface area contributed by atoms with Gasteiger partial charge in [-0.25, -0.2) is 0 Å².